The summed E-state index contributed by atoms with van der Waals surface area (Å²) < 4.78 is 70.1. The van der Waals surface area contributed by atoms with E-state index in [4.69, 9.17) is 0 Å². The van der Waals surface area contributed by atoms with Crippen molar-refractivity contribution in [2.75, 3.05) is 5.32 Å². The van der Waals surface area contributed by atoms with Gasteiger partial charge in [0.25, 0.3) is 5.91 Å². The Morgan fingerprint density at radius 2 is 1.69 bits per heavy atom. The summed E-state index contributed by atoms with van der Waals surface area (Å²) in [4.78, 5) is 36.5. The Kier molecular flexibility index (Phi) is 7.54. The fraction of sp³-hybridized carbons (Fsp3) is 0.441. The number of carbonyl (C=O) groups excluding carboxylic acids is 2. The summed E-state index contributed by atoms with van der Waals surface area (Å²) in [7, 11) is 0. The Morgan fingerprint density at radius 3 is 2.36 bits per heavy atom. The van der Waals surface area contributed by atoms with Crippen LogP contribution < -0.4 is 5.32 Å². The molecule has 45 heavy (non-hydrogen) atoms. The fourth-order valence-corrected chi connectivity index (χ4v) is 8.34. The van der Waals surface area contributed by atoms with Gasteiger partial charge in [-0.05, 0) is 102 Å². The predicted octanol–water partition coefficient (Wildman–Crippen LogP) is 7.32. The van der Waals surface area contributed by atoms with Crippen LogP contribution in [-0.2, 0) is 4.79 Å². The minimum Gasteiger partial charge on any atom is -0.478 e. The number of rotatable bonds is 5. The summed E-state index contributed by atoms with van der Waals surface area (Å²) in [6.07, 6.45) is -4.67. The van der Waals surface area contributed by atoms with E-state index in [1.54, 1.807) is 43.3 Å². The molecular weight excluding hydrogens is 597 g/mol. The molecule has 0 saturated heterocycles. The molecule has 6 atom stereocenters. The first-order valence-electron chi connectivity index (χ1n) is 15.0. The molecule has 6 nitrogen and oxygen atoms in total. The number of allylic oxidation sites excluding steroid dienone is 4. The van der Waals surface area contributed by atoms with Crippen LogP contribution >= 0.6 is 0 Å². The van der Waals surface area contributed by atoms with Gasteiger partial charge in [-0.1, -0.05) is 30.7 Å². The molecule has 3 N–H and O–H groups in total. The SMILES string of the molecule is CC12CC(c3ccc(C(=O)Nc4cccc(C(=O)O)c4)cc3)C3=C4CCC(=O)C=C4CCC3C1CC(C(F)(F)C(F)(F)F)C2O. The number of carboxylic acid groups (broad SMARTS) is 1. The highest BCUT2D eigenvalue weighted by molar-refractivity contribution is 6.04. The van der Waals surface area contributed by atoms with Crippen molar-refractivity contribution >= 4 is 23.3 Å². The van der Waals surface area contributed by atoms with Crippen LogP contribution in [0.25, 0.3) is 0 Å². The Balaban J connectivity index is 1.36. The van der Waals surface area contributed by atoms with E-state index in [9.17, 15) is 46.5 Å². The summed E-state index contributed by atoms with van der Waals surface area (Å²) in [6, 6.07) is 12.4. The Hall–Kier alpha value is -3.86. The number of carbonyl (C=O) groups is 3. The number of aliphatic hydroxyl groups excluding tert-OH is 1. The third kappa shape index (κ3) is 5.18. The number of fused-ring (bicyclic) bond motifs is 4. The van der Waals surface area contributed by atoms with E-state index in [2.05, 4.69) is 5.32 Å². The summed E-state index contributed by atoms with van der Waals surface area (Å²) in [6.45, 7) is 1.62. The molecule has 1 amide bonds. The molecule has 4 aliphatic rings. The zero-order valence-electron chi connectivity index (χ0n) is 24.3. The number of alkyl halides is 5. The van der Waals surface area contributed by atoms with Crippen LogP contribution in [0.1, 0.15) is 77.6 Å². The highest BCUT2D eigenvalue weighted by Gasteiger charge is 2.71. The number of halogens is 5. The first-order valence-corrected chi connectivity index (χ1v) is 15.0. The van der Waals surface area contributed by atoms with Crippen molar-refractivity contribution < 1.29 is 46.5 Å². The van der Waals surface area contributed by atoms with Crippen LogP contribution in [0.3, 0.4) is 0 Å². The van der Waals surface area contributed by atoms with Gasteiger partial charge >= 0.3 is 18.1 Å². The van der Waals surface area contributed by atoms with Crippen LogP contribution in [-0.4, -0.2) is 46.1 Å². The number of anilines is 1. The van der Waals surface area contributed by atoms with E-state index in [-0.39, 0.29) is 35.7 Å². The fourth-order valence-electron chi connectivity index (χ4n) is 8.34. The van der Waals surface area contributed by atoms with Crippen LogP contribution in [0.4, 0.5) is 27.6 Å². The normalized spacial score (nSPS) is 29.8. The number of ketones is 1. The van der Waals surface area contributed by atoms with Crippen molar-refractivity contribution in [3.05, 3.63) is 88.0 Å². The van der Waals surface area contributed by atoms with Gasteiger partial charge in [-0.3, -0.25) is 9.59 Å². The van der Waals surface area contributed by atoms with Crippen LogP contribution in [0.5, 0.6) is 0 Å². The van der Waals surface area contributed by atoms with Crippen LogP contribution in [0, 0.1) is 23.2 Å². The van der Waals surface area contributed by atoms with E-state index in [1.165, 1.54) is 18.2 Å². The first-order chi connectivity index (χ1) is 21.1. The van der Waals surface area contributed by atoms with Gasteiger partial charge in [0.15, 0.2) is 5.78 Å². The molecule has 0 aliphatic heterocycles. The summed E-state index contributed by atoms with van der Waals surface area (Å²) >= 11 is 0. The maximum atomic E-state index is 14.8. The van der Waals surface area contributed by atoms with Crippen LogP contribution in [0.15, 0.2) is 71.3 Å². The lowest BCUT2D eigenvalue weighted by atomic mass is 9.53. The largest absolute Gasteiger partial charge is 0.478 e. The molecule has 2 fully saturated rings. The molecule has 2 aromatic rings. The minimum atomic E-state index is -5.79. The van der Waals surface area contributed by atoms with Crippen molar-refractivity contribution in [3.63, 3.8) is 0 Å². The molecule has 0 spiro atoms. The number of hydrogen-bond donors (Lipinski definition) is 3. The second-order valence-corrected chi connectivity index (χ2v) is 13.0. The Morgan fingerprint density at radius 1 is 0.978 bits per heavy atom. The number of nitrogens with one attached hydrogen (secondary N) is 1. The number of aliphatic hydroxyl groups is 1. The third-order valence-corrected chi connectivity index (χ3v) is 10.5. The summed E-state index contributed by atoms with van der Waals surface area (Å²) in [5, 5.41) is 23.1. The lowest BCUT2D eigenvalue weighted by Crippen LogP contribution is -2.50. The van der Waals surface area contributed by atoms with Gasteiger partial charge in [-0.2, -0.15) is 22.0 Å². The molecule has 238 valence electrons. The zero-order valence-corrected chi connectivity index (χ0v) is 24.3. The van der Waals surface area contributed by atoms with E-state index < -0.39 is 59.7 Å². The topological polar surface area (TPSA) is 104 Å². The smallest absolute Gasteiger partial charge is 0.453 e. The molecule has 6 rings (SSSR count). The van der Waals surface area contributed by atoms with Crippen molar-refractivity contribution in [1.29, 1.82) is 0 Å². The molecule has 11 heteroatoms. The molecular formula is C34H32F5NO5. The average Bonchev–Trinajstić information content (AvgIpc) is 3.26. The quantitative estimate of drug-likeness (QED) is 0.301. The van der Waals surface area contributed by atoms with Gasteiger partial charge in [0.2, 0.25) is 0 Å². The van der Waals surface area contributed by atoms with Gasteiger partial charge in [-0.15, -0.1) is 0 Å². The van der Waals surface area contributed by atoms with Crippen molar-refractivity contribution in [2.24, 2.45) is 23.2 Å². The maximum absolute atomic E-state index is 14.8. The average molecular weight is 630 g/mol. The highest BCUT2D eigenvalue weighted by atomic mass is 19.4. The lowest BCUT2D eigenvalue weighted by Gasteiger charge is -2.52. The Labute approximate surface area is 256 Å². The summed E-state index contributed by atoms with van der Waals surface area (Å²) in [5.74, 6) is -10.3. The molecule has 0 heterocycles. The predicted molar refractivity (Wildman–Crippen MR) is 154 cm³/mol. The van der Waals surface area contributed by atoms with Gasteiger partial charge in [0.05, 0.1) is 17.6 Å². The maximum Gasteiger partial charge on any atom is 0.453 e. The number of aromatic carboxylic acids is 1. The molecule has 6 unspecified atom stereocenters. The van der Waals surface area contributed by atoms with E-state index in [0.29, 0.717) is 24.9 Å². The van der Waals surface area contributed by atoms with E-state index in [1.807, 2.05) is 0 Å². The van der Waals surface area contributed by atoms with E-state index >= 15 is 0 Å². The molecule has 0 aromatic heterocycles. The molecule has 2 saturated carbocycles. The highest BCUT2D eigenvalue weighted by Crippen LogP contribution is 2.67. The van der Waals surface area contributed by atoms with E-state index in [0.717, 1.165) is 22.3 Å². The standard InChI is InChI=1S/C34H32F5NO5/c1-32-16-25(17-5-7-18(8-6-17)30(43)40-21-4-2-3-20(13-21)31(44)45)28-23-12-10-22(41)14-19(23)9-11-24(28)26(32)15-27(29(32)42)33(35,36)34(37,38)39/h2-8,13-14,24-27,29,42H,9-12,15-16H2,1H3,(H,40,43)(H,44,45). The molecule has 0 bridgehead atoms. The van der Waals surface area contributed by atoms with Gasteiger partial charge in [0.1, 0.15) is 0 Å². The third-order valence-electron chi connectivity index (χ3n) is 10.5. The first kappa shape index (κ1) is 31.1. The van der Waals surface area contributed by atoms with Gasteiger partial charge < -0.3 is 15.5 Å². The van der Waals surface area contributed by atoms with Gasteiger partial charge in [-0.25, -0.2) is 4.79 Å². The number of benzene rings is 2. The zero-order chi connectivity index (χ0) is 32.5. The molecule has 4 aliphatic carbocycles. The van der Waals surface area contributed by atoms with Gasteiger partial charge in [0, 0.05) is 23.6 Å². The van der Waals surface area contributed by atoms with Crippen molar-refractivity contribution in [3.8, 4) is 0 Å². The minimum absolute atomic E-state index is 0.00423. The number of hydrogen-bond acceptors (Lipinski definition) is 4. The van der Waals surface area contributed by atoms with Crippen molar-refractivity contribution in [2.45, 2.75) is 69.6 Å². The molecule has 0 radical (unpaired) electrons. The second-order valence-electron chi connectivity index (χ2n) is 13.0. The number of carboxylic acids is 1. The molecule has 2 aromatic carbocycles. The lowest BCUT2D eigenvalue weighted by molar-refractivity contribution is -0.311. The van der Waals surface area contributed by atoms with Crippen LogP contribution in [0.2, 0.25) is 0 Å². The number of amides is 1. The van der Waals surface area contributed by atoms with Crippen molar-refractivity contribution in [1.82, 2.24) is 0 Å². The monoisotopic (exact) mass is 629 g/mol. The second kappa shape index (κ2) is 10.9. The summed E-state index contributed by atoms with van der Waals surface area (Å²) in [5.41, 5.74) is 2.84. The Bertz CT molecular complexity index is 1630.